The van der Waals surface area contributed by atoms with Gasteiger partial charge in [0.1, 0.15) is 46.9 Å². The number of carboxylic acids is 2. The Balaban J connectivity index is 1.48. The van der Waals surface area contributed by atoms with Crippen LogP contribution in [-0.4, -0.2) is 105 Å². The number of sulfonamides is 1. The summed E-state index contributed by atoms with van der Waals surface area (Å²) in [4.78, 5) is 55.7. The molecule has 1 saturated carbocycles. The van der Waals surface area contributed by atoms with E-state index in [1.54, 1.807) is 5.32 Å². The van der Waals surface area contributed by atoms with Crippen LogP contribution in [0.1, 0.15) is 79.0 Å². The maximum absolute atomic E-state index is 15.6. The van der Waals surface area contributed by atoms with Crippen molar-refractivity contribution in [3.05, 3.63) is 93.0 Å². The maximum atomic E-state index is 15.6. The van der Waals surface area contributed by atoms with Crippen LogP contribution in [0.2, 0.25) is 5.02 Å². The fraction of sp³-hybridized carbons (Fsp3) is 0.400. The summed E-state index contributed by atoms with van der Waals surface area (Å²) in [5.74, 6) is -10.00. The van der Waals surface area contributed by atoms with Gasteiger partial charge in [-0.25, -0.2) is 40.2 Å². The van der Waals surface area contributed by atoms with Crippen LogP contribution in [0.4, 0.5) is 54.5 Å². The molecule has 408 valence electrons. The highest BCUT2D eigenvalue weighted by Crippen LogP contribution is 2.68. The number of nitrogens with one attached hydrogen (secondary N) is 2. The number of aliphatic carboxylic acids is 2. The topological polar surface area (TPSA) is 253 Å². The first-order chi connectivity index (χ1) is 34.9. The molecule has 7 rings (SSSR count). The molecule has 0 spiro atoms. The van der Waals surface area contributed by atoms with Gasteiger partial charge in [0.15, 0.2) is 21.3 Å². The van der Waals surface area contributed by atoms with Gasteiger partial charge in [-0.05, 0) is 80.8 Å². The molecule has 5 aromatic rings. The molecule has 2 aromatic carbocycles. The average molecular weight is 1140 g/mol. The molecule has 0 unspecified atom stereocenters. The van der Waals surface area contributed by atoms with Crippen molar-refractivity contribution in [3.63, 3.8) is 0 Å². The minimum Gasteiger partial charge on any atom is -0.481 e. The molecule has 3 aromatic heterocycles. The van der Waals surface area contributed by atoms with Crippen LogP contribution in [0.25, 0.3) is 22.0 Å². The van der Waals surface area contributed by atoms with E-state index < -0.39 is 190 Å². The molecular formula is C45H39ClF10N8O10S2. The Morgan fingerprint density at radius 1 is 0.921 bits per heavy atom. The Kier molecular flexibility index (Phi) is 14.8. The molecule has 3 heterocycles. The van der Waals surface area contributed by atoms with Gasteiger partial charge in [0.05, 0.1) is 33.9 Å². The predicted octanol–water partition coefficient (Wildman–Crippen LogP) is 7.08. The van der Waals surface area contributed by atoms with Crippen molar-refractivity contribution >= 4 is 72.1 Å². The van der Waals surface area contributed by atoms with Crippen LogP contribution < -0.4 is 14.9 Å². The normalized spacial score (nSPS) is 17.0. The number of aromatic nitrogens is 5. The number of carbonyl (C=O) groups is 4. The van der Waals surface area contributed by atoms with Gasteiger partial charge in [0, 0.05) is 41.4 Å². The lowest BCUT2D eigenvalue weighted by atomic mass is 9.93. The number of pyridine rings is 1. The number of alkyl halides is 8. The first-order valence-corrected chi connectivity index (χ1v) is 26.1. The third-order valence-corrected chi connectivity index (χ3v) is 15.5. The summed E-state index contributed by atoms with van der Waals surface area (Å²) in [6.07, 6.45) is -12.1. The van der Waals surface area contributed by atoms with Crippen molar-refractivity contribution < 1.29 is 90.1 Å². The number of carboxylic acid groups (broad SMARTS) is 2. The van der Waals surface area contributed by atoms with Crippen molar-refractivity contribution in [2.75, 3.05) is 16.8 Å². The lowest BCUT2D eigenvalue weighted by Crippen LogP contribution is -2.50. The molecule has 1 fully saturated rings. The zero-order chi connectivity index (χ0) is 56.6. The van der Waals surface area contributed by atoms with Gasteiger partial charge in [0.2, 0.25) is 15.9 Å². The van der Waals surface area contributed by atoms with Crippen molar-refractivity contribution in [1.29, 1.82) is 0 Å². The lowest BCUT2D eigenvalue weighted by molar-refractivity contribution is -0.143. The van der Waals surface area contributed by atoms with E-state index >= 15 is 8.78 Å². The van der Waals surface area contributed by atoms with Crippen molar-refractivity contribution in [3.8, 4) is 23.0 Å². The molecule has 76 heavy (non-hydrogen) atoms. The third kappa shape index (κ3) is 11.7. The number of sulfone groups is 1. The Morgan fingerprint density at radius 2 is 1.55 bits per heavy atom. The number of rotatable bonds is 16. The molecule has 18 nitrogen and oxygen atoms in total. The van der Waals surface area contributed by atoms with Crippen LogP contribution >= 0.6 is 11.6 Å². The Morgan fingerprint density at radius 3 is 2.12 bits per heavy atom. The average Bonchev–Trinajstić information content (AvgIpc) is 3.78. The van der Waals surface area contributed by atoms with Gasteiger partial charge in [-0.3, -0.25) is 19.0 Å². The monoisotopic (exact) mass is 1140 g/mol. The van der Waals surface area contributed by atoms with E-state index in [1.807, 2.05) is 0 Å². The number of amides is 3. The number of carbonyl (C=O) groups excluding carboxylic acids is 2. The SMILES string of the molecule is CC(C)(C#Cc1ccc(-c2ccc(Cl)c3c(N(C(=O)N[C@@H](CCC(=O)O)C(=O)O)S(C)(=O)=O)nn(CC(F)(F)F)c23)c([C@H](Cc2cc(F)cc(F)c2)NC(=O)Cn2nc(C(F)(F)F)c3c2C(F)(F)[C@@H]2C[C@H]32)n1)S(C)(=O)=O. The number of halogens is 11. The van der Waals surface area contributed by atoms with Gasteiger partial charge in [0.25, 0.3) is 5.92 Å². The molecule has 4 atom stereocenters. The zero-order valence-corrected chi connectivity index (χ0v) is 41.8. The number of nitrogens with zero attached hydrogens (tertiary/aromatic N) is 6. The molecular weight excluding hydrogens is 1100 g/mol. The van der Waals surface area contributed by atoms with E-state index in [0.717, 1.165) is 42.7 Å². The fourth-order valence-corrected chi connectivity index (χ4v) is 9.81. The van der Waals surface area contributed by atoms with Gasteiger partial charge in [-0.15, -0.1) is 0 Å². The second-order valence-corrected chi connectivity index (χ2v) is 23.1. The van der Waals surface area contributed by atoms with E-state index in [4.69, 9.17) is 16.7 Å². The highest BCUT2D eigenvalue weighted by atomic mass is 35.5. The number of fused-ring (bicyclic) bond motifs is 4. The summed E-state index contributed by atoms with van der Waals surface area (Å²) in [7, 11) is -9.05. The van der Waals surface area contributed by atoms with Gasteiger partial charge in [-0.1, -0.05) is 23.6 Å². The largest absolute Gasteiger partial charge is 0.481 e. The number of hydrogen-bond acceptors (Lipinski definition) is 11. The van der Waals surface area contributed by atoms with Gasteiger partial charge in [-0.2, -0.15) is 49.6 Å². The quantitative estimate of drug-likeness (QED) is 0.0570. The summed E-state index contributed by atoms with van der Waals surface area (Å²) in [5.41, 5.74) is -6.59. The van der Waals surface area contributed by atoms with Gasteiger partial charge >= 0.3 is 30.3 Å². The van der Waals surface area contributed by atoms with Crippen molar-refractivity contribution in [2.24, 2.45) is 5.92 Å². The molecule has 2 aliphatic carbocycles. The predicted molar refractivity (Wildman–Crippen MR) is 247 cm³/mol. The number of anilines is 1. The third-order valence-electron chi connectivity index (χ3n) is 12.3. The Bertz CT molecular complexity index is 3520. The molecule has 2 aliphatic rings. The minimum atomic E-state index is -5.26. The molecule has 0 saturated heterocycles. The van der Waals surface area contributed by atoms with E-state index in [9.17, 15) is 76.2 Å². The van der Waals surface area contributed by atoms with E-state index in [2.05, 4.69) is 32.3 Å². The maximum Gasteiger partial charge on any atom is 0.435 e. The second-order valence-electron chi connectivity index (χ2n) is 18.3. The van der Waals surface area contributed by atoms with Crippen LogP contribution in [-0.2, 0) is 65.9 Å². The van der Waals surface area contributed by atoms with E-state index in [-0.39, 0.29) is 31.3 Å². The zero-order valence-electron chi connectivity index (χ0n) is 39.4. The first kappa shape index (κ1) is 56.7. The highest BCUT2D eigenvalue weighted by Gasteiger charge is 2.68. The van der Waals surface area contributed by atoms with Gasteiger partial charge < -0.3 is 20.8 Å². The Labute approximate surface area is 428 Å². The molecule has 4 N–H and O–H groups in total. The van der Waals surface area contributed by atoms with E-state index in [0.29, 0.717) is 12.3 Å². The minimum absolute atomic E-state index is 0.124. The first-order valence-electron chi connectivity index (χ1n) is 21.9. The number of urea groups is 1. The Hall–Kier alpha value is -7.00. The standard InChI is InChI=1S/C45H39ClF10N8O10S2/c1-42(2,75(3,71)72)12-11-23-5-6-24(25-7-8-28(46)34-36(25)63(19-43(49,50)51)61-39(34)64(76(4,73)74)41(70)59-29(40(68)69)9-10-32(66)67)35(57-23)30(15-20-13-21(47)16-22(48)14-20)58-31(65)18-62-38-33(37(60-62)45(54,55)56)26-17-27(26)44(38,52)53/h5-8,13-14,16,26-27,29-30H,9-10,15,17-19H2,1-4H3,(H,58,65)(H,59,70)(H,66,67)(H,68,69)/t26-,27+,29-,30-/m0/s1. The number of hydrogen-bond donors (Lipinski definition) is 4. The van der Waals surface area contributed by atoms with Crippen LogP contribution in [0.5, 0.6) is 0 Å². The summed E-state index contributed by atoms with van der Waals surface area (Å²) in [6.45, 7) is -1.06. The van der Waals surface area contributed by atoms with Crippen molar-refractivity contribution in [2.45, 2.75) is 93.6 Å². The summed E-state index contributed by atoms with van der Waals surface area (Å²) >= 11 is 6.59. The smallest absolute Gasteiger partial charge is 0.435 e. The lowest BCUT2D eigenvalue weighted by Gasteiger charge is -2.23. The summed E-state index contributed by atoms with van der Waals surface area (Å²) in [6, 6.07) is 0.228. The van der Waals surface area contributed by atoms with Crippen molar-refractivity contribution in [1.82, 2.24) is 35.2 Å². The molecule has 0 aliphatic heterocycles. The second kappa shape index (κ2) is 19.9. The molecule has 31 heteroatoms. The van der Waals surface area contributed by atoms with E-state index in [1.165, 1.54) is 13.8 Å². The number of benzene rings is 2. The molecule has 0 bridgehead atoms. The summed E-state index contributed by atoms with van der Waals surface area (Å²) < 4.78 is 198. The molecule has 3 amide bonds. The van der Waals surface area contributed by atoms with Crippen LogP contribution in [0, 0.1) is 29.4 Å². The highest BCUT2D eigenvalue weighted by molar-refractivity contribution is 7.93. The fourth-order valence-electron chi connectivity index (χ4n) is 8.54. The molecule has 0 radical (unpaired) electrons. The summed E-state index contributed by atoms with van der Waals surface area (Å²) in [5, 5.41) is 28.8. The van der Waals surface area contributed by atoms with Crippen LogP contribution in [0.3, 0.4) is 0 Å². The van der Waals surface area contributed by atoms with Crippen LogP contribution in [0.15, 0.2) is 42.5 Å².